The van der Waals surface area contributed by atoms with E-state index >= 15 is 0 Å². The van der Waals surface area contributed by atoms with E-state index in [1.807, 2.05) is 0 Å². The molecule has 0 N–H and O–H groups in total. The predicted octanol–water partition coefficient (Wildman–Crippen LogP) is 6.62. The maximum atomic E-state index is 13.1. The molecule has 2 aromatic carbocycles. The number of hydrogen-bond donors (Lipinski definition) is 0. The van der Waals surface area contributed by atoms with Crippen LogP contribution in [0.25, 0.3) is 11.1 Å². The molecule has 0 unspecified atom stereocenters. The quantitative estimate of drug-likeness (QED) is 0.539. The van der Waals surface area contributed by atoms with Crippen LogP contribution in [-0.2, 0) is 6.18 Å². The molecule has 21 heavy (non-hydrogen) atoms. The van der Waals surface area contributed by atoms with Crippen molar-refractivity contribution < 1.29 is 22.0 Å². The molecular formula is C14H7Cl2F5. The molecule has 2 rings (SSSR count). The predicted molar refractivity (Wildman–Crippen MR) is 71.9 cm³/mol. The second kappa shape index (κ2) is 5.81. The second-order valence-electron chi connectivity index (χ2n) is 4.16. The van der Waals surface area contributed by atoms with Crippen LogP contribution in [0.3, 0.4) is 0 Å². The first kappa shape index (κ1) is 16.0. The van der Waals surface area contributed by atoms with Crippen LogP contribution >= 0.6 is 23.2 Å². The van der Waals surface area contributed by atoms with Crippen molar-refractivity contribution in [3.63, 3.8) is 0 Å². The van der Waals surface area contributed by atoms with E-state index in [2.05, 4.69) is 0 Å². The third-order valence-electron chi connectivity index (χ3n) is 2.85. The van der Waals surface area contributed by atoms with Crippen molar-refractivity contribution in [2.75, 3.05) is 0 Å². The monoisotopic (exact) mass is 340 g/mol. The highest BCUT2D eigenvalue weighted by Crippen LogP contribution is 2.46. The first-order valence-electron chi connectivity index (χ1n) is 5.66. The van der Waals surface area contributed by atoms with E-state index in [9.17, 15) is 22.0 Å². The minimum atomic E-state index is -4.80. The summed E-state index contributed by atoms with van der Waals surface area (Å²) in [4.78, 5) is 0. The zero-order valence-corrected chi connectivity index (χ0v) is 11.7. The van der Waals surface area contributed by atoms with Gasteiger partial charge >= 0.3 is 6.18 Å². The Morgan fingerprint density at radius 3 is 1.81 bits per heavy atom. The fourth-order valence-electron chi connectivity index (χ4n) is 2.00. The van der Waals surface area contributed by atoms with E-state index in [1.165, 1.54) is 18.2 Å². The van der Waals surface area contributed by atoms with Gasteiger partial charge in [0.1, 0.15) is 0 Å². The lowest BCUT2D eigenvalue weighted by Crippen LogP contribution is -2.09. The van der Waals surface area contributed by atoms with E-state index in [-0.39, 0.29) is 15.6 Å². The molecule has 0 aliphatic rings. The van der Waals surface area contributed by atoms with Gasteiger partial charge in [0, 0.05) is 26.7 Å². The van der Waals surface area contributed by atoms with Crippen LogP contribution in [0.4, 0.5) is 22.0 Å². The number of hydrogen-bond acceptors (Lipinski definition) is 0. The fourth-order valence-corrected chi connectivity index (χ4v) is 2.59. The van der Waals surface area contributed by atoms with Gasteiger partial charge < -0.3 is 0 Å². The molecule has 0 saturated heterocycles. The Kier molecular flexibility index (Phi) is 4.44. The van der Waals surface area contributed by atoms with Gasteiger partial charge in [-0.1, -0.05) is 41.4 Å². The molecule has 0 aliphatic carbocycles. The van der Waals surface area contributed by atoms with Gasteiger partial charge in [-0.25, -0.2) is 8.78 Å². The smallest absolute Gasteiger partial charge is 0.205 e. The van der Waals surface area contributed by atoms with Crippen molar-refractivity contribution in [3.8, 4) is 11.1 Å². The van der Waals surface area contributed by atoms with Crippen LogP contribution in [0.15, 0.2) is 36.4 Å². The van der Waals surface area contributed by atoms with Crippen LogP contribution in [0.5, 0.6) is 0 Å². The standard InChI is InChI=1S/C14H7Cl2F5/c15-9-5-2-6-10(16)12(9)11-7(13(17)18)3-1-4-8(11)14(19,20)21/h1-6,13H. The Hall–Kier alpha value is -1.33. The van der Waals surface area contributed by atoms with Crippen LogP contribution in [0.2, 0.25) is 10.0 Å². The average molecular weight is 341 g/mol. The maximum absolute atomic E-state index is 13.1. The minimum absolute atomic E-state index is 0.124. The van der Waals surface area contributed by atoms with Crippen molar-refractivity contribution in [3.05, 3.63) is 57.6 Å². The molecular weight excluding hydrogens is 334 g/mol. The SMILES string of the molecule is FC(F)c1cccc(C(F)(F)F)c1-c1c(Cl)cccc1Cl. The highest BCUT2D eigenvalue weighted by Gasteiger charge is 2.36. The third kappa shape index (κ3) is 3.14. The Bertz CT molecular complexity index is 645. The van der Waals surface area contributed by atoms with E-state index in [0.29, 0.717) is 0 Å². The molecule has 2 aromatic rings. The fraction of sp³-hybridized carbons (Fsp3) is 0.143. The first-order valence-corrected chi connectivity index (χ1v) is 6.41. The summed E-state index contributed by atoms with van der Waals surface area (Å²) < 4.78 is 65.5. The van der Waals surface area contributed by atoms with Gasteiger partial charge in [-0.15, -0.1) is 0 Å². The largest absolute Gasteiger partial charge is 0.417 e. The first-order chi connectivity index (χ1) is 9.73. The molecule has 112 valence electrons. The maximum Gasteiger partial charge on any atom is 0.417 e. The lowest BCUT2D eigenvalue weighted by Gasteiger charge is -2.18. The van der Waals surface area contributed by atoms with Gasteiger partial charge in [0.25, 0.3) is 6.43 Å². The summed E-state index contributed by atoms with van der Waals surface area (Å²) in [7, 11) is 0. The molecule has 0 spiro atoms. The Labute approximate surface area is 127 Å². The Morgan fingerprint density at radius 1 is 0.810 bits per heavy atom. The summed E-state index contributed by atoms with van der Waals surface area (Å²) in [6.07, 6.45) is -7.89. The zero-order valence-electron chi connectivity index (χ0n) is 10.2. The van der Waals surface area contributed by atoms with Gasteiger partial charge in [-0.3, -0.25) is 0 Å². The second-order valence-corrected chi connectivity index (χ2v) is 4.98. The van der Waals surface area contributed by atoms with Crippen LogP contribution in [-0.4, -0.2) is 0 Å². The molecule has 7 heteroatoms. The summed E-state index contributed by atoms with van der Waals surface area (Å²) in [6.45, 7) is 0. The molecule has 0 aromatic heterocycles. The number of alkyl halides is 5. The molecule has 0 atom stereocenters. The molecule has 0 nitrogen and oxygen atoms in total. The lowest BCUT2D eigenvalue weighted by molar-refractivity contribution is -0.137. The van der Waals surface area contributed by atoms with Gasteiger partial charge in [0.15, 0.2) is 0 Å². The van der Waals surface area contributed by atoms with Crippen LogP contribution < -0.4 is 0 Å². The summed E-state index contributed by atoms with van der Waals surface area (Å²) in [6, 6.07) is 6.59. The highest BCUT2D eigenvalue weighted by atomic mass is 35.5. The number of rotatable bonds is 2. The van der Waals surface area contributed by atoms with Crippen LogP contribution in [0.1, 0.15) is 17.6 Å². The summed E-state index contributed by atoms with van der Waals surface area (Å²) in [5.74, 6) is 0. The van der Waals surface area contributed by atoms with Gasteiger partial charge in [0.2, 0.25) is 0 Å². The topological polar surface area (TPSA) is 0 Å². The molecule has 0 fully saturated rings. The van der Waals surface area contributed by atoms with Crippen molar-refractivity contribution in [2.45, 2.75) is 12.6 Å². The normalized spacial score (nSPS) is 12.0. The summed E-state index contributed by atoms with van der Waals surface area (Å²) in [5.41, 5.74) is -2.89. The third-order valence-corrected chi connectivity index (χ3v) is 3.48. The molecule has 0 heterocycles. The molecule has 0 bridgehead atoms. The summed E-state index contributed by atoms with van der Waals surface area (Å²) in [5, 5.41) is -0.248. The van der Waals surface area contributed by atoms with Crippen LogP contribution in [0, 0.1) is 0 Å². The molecule has 0 radical (unpaired) electrons. The molecule has 0 amide bonds. The Balaban J connectivity index is 2.89. The van der Waals surface area contributed by atoms with E-state index in [0.717, 1.165) is 18.2 Å². The summed E-state index contributed by atoms with van der Waals surface area (Å²) >= 11 is 11.7. The zero-order chi connectivity index (χ0) is 15.8. The lowest BCUT2D eigenvalue weighted by atomic mass is 9.94. The van der Waals surface area contributed by atoms with Crippen molar-refractivity contribution in [1.29, 1.82) is 0 Å². The van der Waals surface area contributed by atoms with Crippen molar-refractivity contribution in [1.82, 2.24) is 0 Å². The van der Waals surface area contributed by atoms with Gasteiger partial charge in [0.05, 0.1) is 5.56 Å². The number of benzene rings is 2. The van der Waals surface area contributed by atoms with E-state index < -0.39 is 29.3 Å². The average Bonchev–Trinajstić information content (AvgIpc) is 2.37. The van der Waals surface area contributed by atoms with E-state index in [4.69, 9.17) is 23.2 Å². The van der Waals surface area contributed by atoms with Gasteiger partial charge in [-0.05, 0) is 18.2 Å². The molecule has 0 aliphatic heterocycles. The van der Waals surface area contributed by atoms with Crippen molar-refractivity contribution >= 4 is 23.2 Å². The van der Waals surface area contributed by atoms with E-state index in [1.54, 1.807) is 0 Å². The van der Waals surface area contributed by atoms with Crippen molar-refractivity contribution in [2.24, 2.45) is 0 Å². The molecule has 0 saturated carbocycles. The Morgan fingerprint density at radius 2 is 1.33 bits per heavy atom. The highest BCUT2D eigenvalue weighted by molar-refractivity contribution is 6.39. The van der Waals surface area contributed by atoms with Gasteiger partial charge in [-0.2, -0.15) is 13.2 Å². The number of halogens is 7. The minimum Gasteiger partial charge on any atom is -0.205 e.